The normalized spacial score (nSPS) is 9.75. The Bertz CT molecular complexity index is 524. The first kappa shape index (κ1) is 10.2. The molecule has 0 bridgehead atoms. The van der Waals surface area contributed by atoms with Gasteiger partial charge in [0.05, 0.1) is 0 Å². The Hall–Kier alpha value is -2.36. The van der Waals surface area contributed by atoms with Crippen LogP contribution in [0.4, 0.5) is 0 Å². The molecule has 0 amide bonds. The second-order valence-electron chi connectivity index (χ2n) is 3.10. The Kier molecular flexibility index (Phi) is 2.82. The highest BCUT2D eigenvalue weighted by atomic mass is 16.1. The summed E-state index contributed by atoms with van der Waals surface area (Å²) in [7, 11) is 0. The maximum Gasteiger partial charge on any atom is 0.230 e. The Labute approximate surface area is 92.0 Å². The van der Waals surface area contributed by atoms with Crippen LogP contribution in [0.3, 0.4) is 0 Å². The van der Waals surface area contributed by atoms with E-state index in [9.17, 15) is 9.59 Å². The van der Waals surface area contributed by atoms with Gasteiger partial charge in [-0.05, 0) is 24.3 Å². The third-order valence-electron chi connectivity index (χ3n) is 2.08. The first-order valence-electron chi connectivity index (χ1n) is 4.69. The SMILES string of the molecule is O=Cc1cccnc1C(=O)c1ccccn1. The minimum Gasteiger partial charge on any atom is -0.298 e. The van der Waals surface area contributed by atoms with E-state index in [4.69, 9.17) is 0 Å². The zero-order chi connectivity index (χ0) is 11.4. The van der Waals surface area contributed by atoms with Crippen LogP contribution in [0.25, 0.3) is 0 Å². The molecular formula is C12H8N2O2. The molecule has 0 aliphatic heterocycles. The molecule has 4 heteroatoms. The lowest BCUT2D eigenvalue weighted by atomic mass is 10.1. The first-order valence-corrected chi connectivity index (χ1v) is 4.69. The van der Waals surface area contributed by atoms with Gasteiger partial charge in [-0.25, -0.2) is 0 Å². The van der Waals surface area contributed by atoms with Crippen molar-refractivity contribution in [3.63, 3.8) is 0 Å². The van der Waals surface area contributed by atoms with E-state index in [-0.39, 0.29) is 22.7 Å². The standard InChI is InChI=1S/C12H8N2O2/c15-8-9-4-3-7-14-11(9)12(16)10-5-1-2-6-13-10/h1-8H. The third kappa shape index (κ3) is 1.86. The number of aldehydes is 1. The van der Waals surface area contributed by atoms with Gasteiger partial charge >= 0.3 is 0 Å². The molecule has 0 aliphatic carbocycles. The monoisotopic (exact) mass is 212 g/mol. The molecule has 0 spiro atoms. The van der Waals surface area contributed by atoms with Crippen LogP contribution in [-0.2, 0) is 0 Å². The average Bonchev–Trinajstić information content (AvgIpc) is 2.39. The third-order valence-corrected chi connectivity index (χ3v) is 2.08. The summed E-state index contributed by atoms with van der Waals surface area (Å²) in [5.74, 6) is -0.344. The maximum atomic E-state index is 11.9. The summed E-state index contributed by atoms with van der Waals surface area (Å²) in [6, 6.07) is 8.18. The predicted molar refractivity (Wildman–Crippen MR) is 57.3 cm³/mol. The lowest BCUT2D eigenvalue weighted by molar-refractivity contribution is 0.102. The highest BCUT2D eigenvalue weighted by Crippen LogP contribution is 2.08. The molecule has 0 saturated carbocycles. The number of pyridine rings is 2. The van der Waals surface area contributed by atoms with Gasteiger partial charge in [-0.2, -0.15) is 0 Å². The highest BCUT2D eigenvalue weighted by Gasteiger charge is 2.14. The summed E-state index contributed by atoms with van der Waals surface area (Å²) in [5, 5.41) is 0. The van der Waals surface area contributed by atoms with Gasteiger partial charge in [0.15, 0.2) is 6.29 Å². The highest BCUT2D eigenvalue weighted by molar-refractivity contribution is 6.10. The molecule has 4 nitrogen and oxygen atoms in total. The summed E-state index contributed by atoms with van der Waals surface area (Å²) in [5.41, 5.74) is 0.693. The van der Waals surface area contributed by atoms with Gasteiger partial charge in [-0.3, -0.25) is 19.6 Å². The predicted octanol–water partition coefficient (Wildman–Crippen LogP) is 1.52. The fraction of sp³-hybridized carbons (Fsp3) is 0. The fourth-order valence-corrected chi connectivity index (χ4v) is 1.32. The number of aromatic nitrogens is 2. The van der Waals surface area contributed by atoms with Crippen molar-refractivity contribution in [2.24, 2.45) is 0 Å². The van der Waals surface area contributed by atoms with Crippen molar-refractivity contribution in [2.45, 2.75) is 0 Å². The van der Waals surface area contributed by atoms with E-state index in [1.807, 2.05) is 0 Å². The van der Waals surface area contributed by atoms with Crippen molar-refractivity contribution in [1.82, 2.24) is 9.97 Å². The largest absolute Gasteiger partial charge is 0.298 e. The molecule has 2 heterocycles. The first-order chi connectivity index (χ1) is 7.83. The van der Waals surface area contributed by atoms with Gasteiger partial charge in [0, 0.05) is 18.0 Å². The molecule has 2 aromatic heterocycles. The molecule has 2 aromatic rings. The number of ketones is 1. The van der Waals surface area contributed by atoms with Crippen LogP contribution in [0.1, 0.15) is 26.5 Å². The topological polar surface area (TPSA) is 59.9 Å². The molecule has 0 fully saturated rings. The van der Waals surface area contributed by atoms with E-state index < -0.39 is 0 Å². The number of carbonyl (C=O) groups excluding carboxylic acids is 2. The molecule has 0 radical (unpaired) electrons. The van der Waals surface area contributed by atoms with Crippen LogP contribution in [0.2, 0.25) is 0 Å². The summed E-state index contributed by atoms with van der Waals surface area (Å²) in [6.45, 7) is 0. The van der Waals surface area contributed by atoms with Crippen molar-refractivity contribution in [2.75, 3.05) is 0 Å². The van der Waals surface area contributed by atoms with E-state index in [0.29, 0.717) is 6.29 Å². The van der Waals surface area contributed by atoms with Gasteiger partial charge in [-0.1, -0.05) is 6.07 Å². The average molecular weight is 212 g/mol. The van der Waals surface area contributed by atoms with Crippen molar-refractivity contribution >= 4 is 12.1 Å². The Balaban J connectivity index is 2.46. The molecular weight excluding hydrogens is 204 g/mol. The molecule has 2 rings (SSSR count). The van der Waals surface area contributed by atoms with Crippen LogP contribution >= 0.6 is 0 Å². The molecule has 16 heavy (non-hydrogen) atoms. The van der Waals surface area contributed by atoms with Crippen LogP contribution in [0, 0.1) is 0 Å². The van der Waals surface area contributed by atoms with Crippen LogP contribution in [0.5, 0.6) is 0 Å². The Morgan fingerprint density at radius 1 is 1.06 bits per heavy atom. The van der Waals surface area contributed by atoms with Crippen LogP contribution in [-0.4, -0.2) is 22.0 Å². The van der Waals surface area contributed by atoms with E-state index >= 15 is 0 Å². The second kappa shape index (κ2) is 4.44. The Morgan fingerprint density at radius 3 is 2.56 bits per heavy atom. The molecule has 0 aliphatic rings. The zero-order valence-electron chi connectivity index (χ0n) is 8.33. The summed E-state index contributed by atoms with van der Waals surface area (Å²) in [4.78, 5) is 30.5. The van der Waals surface area contributed by atoms with Gasteiger partial charge in [0.2, 0.25) is 5.78 Å². The number of hydrogen-bond acceptors (Lipinski definition) is 4. The molecule has 0 saturated heterocycles. The van der Waals surface area contributed by atoms with Crippen molar-refractivity contribution in [1.29, 1.82) is 0 Å². The number of rotatable bonds is 3. The van der Waals surface area contributed by atoms with Crippen LogP contribution in [0.15, 0.2) is 42.7 Å². The lowest BCUT2D eigenvalue weighted by Crippen LogP contribution is -2.09. The lowest BCUT2D eigenvalue weighted by Gasteiger charge is -2.01. The van der Waals surface area contributed by atoms with Gasteiger partial charge < -0.3 is 0 Å². The van der Waals surface area contributed by atoms with Crippen molar-refractivity contribution in [3.05, 3.63) is 59.7 Å². The number of nitrogens with zero attached hydrogens (tertiary/aromatic N) is 2. The summed E-state index contributed by atoms with van der Waals surface area (Å²) >= 11 is 0. The smallest absolute Gasteiger partial charge is 0.230 e. The maximum absolute atomic E-state index is 11.9. The Morgan fingerprint density at radius 2 is 1.88 bits per heavy atom. The molecule has 78 valence electrons. The minimum atomic E-state index is -0.344. The van der Waals surface area contributed by atoms with Gasteiger partial charge in [-0.15, -0.1) is 0 Å². The fourth-order valence-electron chi connectivity index (χ4n) is 1.32. The molecule has 0 N–H and O–H groups in total. The van der Waals surface area contributed by atoms with E-state index in [2.05, 4.69) is 9.97 Å². The molecule has 0 unspecified atom stereocenters. The van der Waals surface area contributed by atoms with Crippen molar-refractivity contribution in [3.8, 4) is 0 Å². The van der Waals surface area contributed by atoms with Gasteiger partial charge in [0.25, 0.3) is 0 Å². The summed E-state index contributed by atoms with van der Waals surface area (Å²) in [6.07, 6.45) is 3.61. The number of carbonyl (C=O) groups is 2. The van der Waals surface area contributed by atoms with Crippen LogP contribution < -0.4 is 0 Å². The number of hydrogen-bond donors (Lipinski definition) is 0. The van der Waals surface area contributed by atoms with Crippen molar-refractivity contribution < 1.29 is 9.59 Å². The van der Waals surface area contributed by atoms with E-state index in [1.165, 1.54) is 12.4 Å². The second-order valence-corrected chi connectivity index (χ2v) is 3.10. The summed E-state index contributed by atoms with van der Waals surface area (Å²) < 4.78 is 0. The van der Waals surface area contributed by atoms with Gasteiger partial charge in [0.1, 0.15) is 11.4 Å². The zero-order valence-corrected chi connectivity index (χ0v) is 8.33. The van der Waals surface area contributed by atoms with E-state index in [0.717, 1.165) is 0 Å². The quantitative estimate of drug-likeness (QED) is 0.571. The minimum absolute atomic E-state index is 0.135. The molecule has 0 atom stereocenters. The molecule has 0 aromatic carbocycles. The van der Waals surface area contributed by atoms with E-state index in [1.54, 1.807) is 30.3 Å².